The highest BCUT2D eigenvalue weighted by Gasteiger charge is 2.20. The fourth-order valence-corrected chi connectivity index (χ4v) is 2.65. The Morgan fingerprint density at radius 1 is 1.12 bits per heavy atom. The van der Waals surface area contributed by atoms with Crippen LogP contribution in [0, 0.1) is 0 Å². The number of nitrogens with one attached hydrogen (secondary N) is 1. The smallest absolute Gasteiger partial charge is 0.0743 e. The summed E-state index contributed by atoms with van der Waals surface area (Å²) >= 11 is 0. The first-order valence-corrected chi connectivity index (χ1v) is 7.10. The van der Waals surface area contributed by atoms with Crippen LogP contribution in [-0.4, -0.2) is 23.3 Å². The summed E-state index contributed by atoms with van der Waals surface area (Å²) in [7, 11) is 0. The SMILES string of the molecule is CCCC(C)(O)CNC1CCCCCCC1. The molecule has 1 rings (SSSR count). The number of rotatable bonds is 5. The van der Waals surface area contributed by atoms with Crippen molar-refractivity contribution in [3.63, 3.8) is 0 Å². The lowest BCUT2D eigenvalue weighted by molar-refractivity contribution is 0.0462. The molecule has 2 N–H and O–H groups in total. The van der Waals surface area contributed by atoms with Gasteiger partial charge in [-0.1, -0.05) is 45.4 Å². The molecule has 0 bridgehead atoms. The summed E-state index contributed by atoms with van der Waals surface area (Å²) < 4.78 is 0. The molecule has 1 aliphatic carbocycles. The van der Waals surface area contributed by atoms with Crippen molar-refractivity contribution in [3.05, 3.63) is 0 Å². The zero-order chi connectivity index (χ0) is 11.9. The van der Waals surface area contributed by atoms with Crippen LogP contribution in [0.2, 0.25) is 0 Å². The Morgan fingerprint density at radius 2 is 1.69 bits per heavy atom. The van der Waals surface area contributed by atoms with Gasteiger partial charge in [0, 0.05) is 12.6 Å². The van der Waals surface area contributed by atoms with Crippen molar-refractivity contribution in [2.75, 3.05) is 6.54 Å². The lowest BCUT2D eigenvalue weighted by atomic mass is 9.95. The van der Waals surface area contributed by atoms with Crippen LogP contribution in [0.5, 0.6) is 0 Å². The summed E-state index contributed by atoms with van der Waals surface area (Å²) in [5.74, 6) is 0. The van der Waals surface area contributed by atoms with Crippen LogP contribution in [0.25, 0.3) is 0 Å². The summed E-state index contributed by atoms with van der Waals surface area (Å²) in [5.41, 5.74) is -0.517. The molecule has 0 saturated heterocycles. The van der Waals surface area contributed by atoms with Gasteiger partial charge in [0.2, 0.25) is 0 Å². The molecule has 2 nitrogen and oxygen atoms in total. The van der Waals surface area contributed by atoms with Crippen molar-refractivity contribution in [2.24, 2.45) is 0 Å². The topological polar surface area (TPSA) is 32.3 Å². The van der Waals surface area contributed by atoms with E-state index in [1.54, 1.807) is 0 Å². The molecule has 0 amide bonds. The van der Waals surface area contributed by atoms with Gasteiger partial charge in [0.1, 0.15) is 0 Å². The molecule has 1 atom stereocenters. The van der Waals surface area contributed by atoms with Crippen LogP contribution in [0.1, 0.15) is 71.6 Å². The van der Waals surface area contributed by atoms with E-state index in [1.165, 1.54) is 44.9 Å². The first-order valence-electron chi connectivity index (χ1n) is 7.10. The summed E-state index contributed by atoms with van der Waals surface area (Å²) in [6.45, 7) is 4.84. The van der Waals surface area contributed by atoms with Crippen molar-refractivity contribution < 1.29 is 5.11 Å². The van der Waals surface area contributed by atoms with Gasteiger partial charge in [0.25, 0.3) is 0 Å². The van der Waals surface area contributed by atoms with Gasteiger partial charge in [-0.25, -0.2) is 0 Å². The Labute approximate surface area is 101 Å². The van der Waals surface area contributed by atoms with E-state index in [0.717, 1.165) is 19.4 Å². The second kappa shape index (κ2) is 7.29. The van der Waals surface area contributed by atoms with Gasteiger partial charge < -0.3 is 10.4 Å². The molecule has 96 valence electrons. The first kappa shape index (κ1) is 14.0. The molecule has 1 aliphatic rings. The maximum atomic E-state index is 10.1. The van der Waals surface area contributed by atoms with Crippen molar-refractivity contribution in [2.45, 2.75) is 83.3 Å². The van der Waals surface area contributed by atoms with Gasteiger partial charge in [-0.05, 0) is 26.2 Å². The van der Waals surface area contributed by atoms with Gasteiger partial charge in [0.05, 0.1) is 5.60 Å². The van der Waals surface area contributed by atoms with Crippen LogP contribution in [0.3, 0.4) is 0 Å². The lowest BCUT2D eigenvalue weighted by Gasteiger charge is -2.28. The Morgan fingerprint density at radius 3 is 2.25 bits per heavy atom. The molecule has 0 radical (unpaired) electrons. The third-order valence-electron chi connectivity index (χ3n) is 3.67. The number of aliphatic hydroxyl groups is 1. The van der Waals surface area contributed by atoms with Crippen molar-refractivity contribution >= 4 is 0 Å². The van der Waals surface area contributed by atoms with Gasteiger partial charge in [-0.3, -0.25) is 0 Å². The third-order valence-corrected chi connectivity index (χ3v) is 3.67. The highest BCUT2D eigenvalue weighted by Crippen LogP contribution is 2.18. The van der Waals surface area contributed by atoms with Gasteiger partial charge in [0.15, 0.2) is 0 Å². The van der Waals surface area contributed by atoms with Crippen molar-refractivity contribution in [1.29, 1.82) is 0 Å². The molecule has 2 heteroatoms. The Kier molecular flexibility index (Phi) is 6.37. The summed E-state index contributed by atoms with van der Waals surface area (Å²) in [5, 5.41) is 13.7. The lowest BCUT2D eigenvalue weighted by Crippen LogP contribution is -2.42. The molecule has 0 heterocycles. The van der Waals surface area contributed by atoms with Crippen molar-refractivity contribution in [1.82, 2.24) is 5.32 Å². The average molecular weight is 227 g/mol. The molecule has 0 spiro atoms. The van der Waals surface area contributed by atoms with Crippen LogP contribution in [-0.2, 0) is 0 Å². The fourth-order valence-electron chi connectivity index (χ4n) is 2.65. The number of hydrogen-bond acceptors (Lipinski definition) is 2. The highest BCUT2D eigenvalue weighted by molar-refractivity contribution is 4.78. The molecule has 1 saturated carbocycles. The Balaban J connectivity index is 2.23. The average Bonchev–Trinajstić information content (AvgIpc) is 2.15. The molecule has 1 unspecified atom stereocenters. The minimum atomic E-state index is -0.517. The van der Waals surface area contributed by atoms with E-state index < -0.39 is 5.60 Å². The van der Waals surface area contributed by atoms with Gasteiger partial charge in [-0.15, -0.1) is 0 Å². The summed E-state index contributed by atoms with van der Waals surface area (Å²) in [6.07, 6.45) is 11.4. The summed E-state index contributed by atoms with van der Waals surface area (Å²) in [6, 6.07) is 0.642. The zero-order valence-electron chi connectivity index (χ0n) is 11.1. The van der Waals surface area contributed by atoms with Crippen LogP contribution >= 0.6 is 0 Å². The minimum absolute atomic E-state index is 0.517. The monoisotopic (exact) mass is 227 g/mol. The quantitative estimate of drug-likeness (QED) is 0.755. The van der Waals surface area contributed by atoms with E-state index in [2.05, 4.69) is 12.2 Å². The third kappa shape index (κ3) is 5.86. The van der Waals surface area contributed by atoms with E-state index in [1.807, 2.05) is 6.92 Å². The normalized spacial score (nSPS) is 23.4. The standard InChI is InChI=1S/C14H29NO/c1-3-11-14(2,16)12-15-13-9-7-5-4-6-8-10-13/h13,15-16H,3-12H2,1-2H3. The minimum Gasteiger partial charge on any atom is -0.389 e. The Hall–Kier alpha value is -0.0800. The molecule has 1 fully saturated rings. The highest BCUT2D eigenvalue weighted by atomic mass is 16.3. The number of hydrogen-bond donors (Lipinski definition) is 2. The van der Waals surface area contributed by atoms with Crippen molar-refractivity contribution in [3.8, 4) is 0 Å². The van der Waals surface area contributed by atoms with Crippen LogP contribution in [0.4, 0.5) is 0 Å². The van der Waals surface area contributed by atoms with E-state index in [-0.39, 0.29) is 0 Å². The van der Waals surface area contributed by atoms with E-state index in [9.17, 15) is 5.11 Å². The molecular weight excluding hydrogens is 198 g/mol. The maximum absolute atomic E-state index is 10.1. The van der Waals surface area contributed by atoms with E-state index >= 15 is 0 Å². The molecule has 0 aliphatic heterocycles. The largest absolute Gasteiger partial charge is 0.389 e. The molecule has 16 heavy (non-hydrogen) atoms. The molecule has 0 aromatic carbocycles. The molecular formula is C14H29NO. The Bertz CT molecular complexity index is 172. The molecule has 0 aromatic heterocycles. The van der Waals surface area contributed by atoms with Crippen LogP contribution in [0.15, 0.2) is 0 Å². The second-order valence-electron chi connectivity index (χ2n) is 5.67. The fraction of sp³-hybridized carbons (Fsp3) is 1.00. The van der Waals surface area contributed by atoms with Gasteiger partial charge in [-0.2, -0.15) is 0 Å². The summed E-state index contributed by atoms with van der Waals surface area (Å²) in [4.78, 5) is 0. The van der Waals surface area contributed by atoms with Crippen LogP contribution < -0.4 is 5.32 Å². The predicted octanol–water partition coefficient (Wildman–Crippen LogP) is 3.24. The predicted molar refractivity (Wildman–Crippen MR) is 69.6 cm³/mol. The molecule has 0 aromatic rings. The zero-order valence-corrected chi connectivity index (χ0v) is 11.1. The van der Waals surface area contributed by atoms with E-state index in [0.29, 0.717) is 6.04 Å². The second-order valence-corrected chi connectivity index (χ2v) is 5.67. The van der Waals surface area contributed by atoms with Gasteiger partial charge >= 0.3 is 0 Å². The first-order chi connectivity index (χ1) is 7.64. The van der Waals surface area contributed by atoms with E-state index in [4.69, 9.17) is 0 Å². The maximum Gasteiger partial charge on any atom is 0.0743 e.